The molecule has 1 fully saturated rings. The van der Waals surface area contributed by atoms with Gasteiger partial charge in [-0.25, -0.2) is 4.79 Å². The third kappa shape index (κ3) is 4.45. The van der Waals surface area contributed by atoms with Gasteiger partial charge in [0.2, 0.25) is 0 Å². The maximum atomic E-state index is 12.0. The zero-order chi connectivity index (χ0) is 15.2. The molecule has 112 valence electrons. The van der Waals surface area contributed by atoms with Crippen LogP contribution in [0.15, 0.2) is 41.8 Å². The Kier molecular flexibility index (Phi) is 4.89. The first kappa shape index (κ1) is 14.8. The number of carbonyl (C=O) groups is 1. The summed E-state index contributed by atoms with van der Waals surface area (Å²) in [6.07, 6.45) is 2.57. The van der Waals surface area contributed by atoms with Crippen molar-refractivity contribution in [3.63, 3.8) is 0 Å². The Morgan fingerprint density at radius 2 is 2.09 bits per heavy atom. The van der Waals surface area contributed by atoms with Gasteiger partial charge in [0.05, 0.1) is 17.0 Å². The van der Waals surface area contributed by atoms with Crippen LogP contribution in [0.4, 0.5) is 0 Å². The lowest BCUT2D eigenvalue weighted by Crippen LogP contribution is -2.06. The van der Waals surface area contributed by atoms with Crippen molar-refractivity contribution in [2.75, 3.05) is 13.2 Å². The number of benzene rings is 1. The summed E-state index contributed by atoms with van der Waals surface area (Å²) in [5.74, 6) is 6.92. The summed E-state index contributed by atoms with van der Waals surface area (Å²) in [6.45, 7) is 1.26. The van der Waals surface area contributed by atoms with Crippen LogP contribution in [0.2, 0.25) is 0 Å². The van der Waals surface area contributed by atoms with Gasteiger partial charge in [0.25, 0.3) is 0 Å². The lowest BCUT2D eigenvalue weighted by molar-refractivity contribution is 0.0735. The second-order valence-corrected chi connectivity index (χ2v) is 6.07. The fraction of sp³-hybridized carbons (Fsp3) is 0.278. The van der Waals surface area contributed by atoms with Crippen molar-refractivity contribution >= 4 is 17.3 Å². The molecular formula is C18H16O3S. The van der Waals surface area contributed by atoms with E-state index in [9.17, 15) is 4.79 Å². The van der Waals surface area contributed by atoms with E-state index in [1.807, 2.05) is 18.2 Å². The molecule has 1 aromatic heterocycles. The quantitative estimate of drug-likeness (QED) is 0.365. The molecule has 0 spiro atoms. The second kappa shape index (κ2) is 7.26. The molecule has 22 heavy (non-hydrogen) atoms. The smallest absolute Gasteiger partial charge is 0.344 e. The fourth-order valence-electron chi connectivity index (χ4n) is 1.85. The summed E-state index contributed by atoms with van der Waals surface area (Å²) in [4.78, 5) is 12.8. The topological polar surface area (TPSA) is 35.5 Å². The average Bonchev–Trinajstić information content (AvgIpc) is 3.23. The van der Waals surface area contributed by atoms with Gasteiger partial charge >= 0.3 is 5.97 Å². The highest BCUT2D eigenvalue weighted by Crippen LogP contribution is 2.28. The molecule has 0 aliphatic heterocycles. The maximum Gasteiger partial charge on any atom is 0.344 e. The van der Waals surface area contributed by atoms with Crippen LogP contribution in [-0.2, 0) is 4.74 Å². The van der Waals surface area contributed by atoms with Crippen LogP contribution in [0.25, 0.3) is 0 Å². The van der Waals surface area contributed by atoms with Gasteiger partial charge in [-0.15, -0.1) is 11.3 Å². The predicted molar refractivity (Wildman–Crippen MR) is 86.1 cm³/mol. The lowest BCUT2D eigenvalue weighted by Gasteiger charge is -2.01. The van der Waals surface area contributed by atoms with Crippen LogP contribution in [0.5, 0.6) is 5.75 Å². The van der Waals surface area contributed by atoms with Crippen molar-refractivity contribution in [2.24, 2.45) is 5.92 Å². The Balaban J connectivity index is 1.51. The van der Waals surface area contributed by atoms with Crippen molar-refractivity contribution in [2.45, 2.75) is 12.8 Å². The van der Waals surface area contributed by atoms with Gasteiger partial charge in [0.15, 0.2) is 0 Å². The molecule has 1 saturated carbocycles. The van der Waals surface area contributed by atoms with Gasteiger partial charge in [0, 0.05) is 5.38 Å². The van der Waals surface area contributed by atoms with Crippen LogP contribution in [0.1, 0.15) is 28.1 Å². The van der Waals surface area contributed by atoms with Gasteiger partial charge < -0.3 is 9.47 Å². The second-order valence-electron chi connectivity index (χ2n) is 5.16. The Morgan fingerprint density at radius 3 is 2.86 bits per heavy atom. The molecule has 1 aliphatic carbocycles. The molecule has 3 rings (SSSR count). The van der Waals surface area contributed by atoms with Crippen LogP contribution in [0, 0.1) is 17.8 Å². The SMILES string of the molecule is O=C(Oc1ccccc1)c1csc(C#CCOCC2CC2)c1. The molecule has 0 saturated heterocycles. The third-order valence-corrected chi connectivity index (χ3v) is 4.07. The molecule has 0 bridgehead atoms. The van der Waals surface area contributed by atoms with Crippen LogP contribution in [-0.4, -0.2) is 19.2 Å². The van der Waals surface area contributed by atoms with Crippen molar-refractivity contribution in [3.05, 3.63) is 52.2 Å². The number of para-hydroxylation sites is 1. The molecule has 1 heterocycles. The monoisotopic (exact) mass is 312 g/mol. The first-order valence-corrected chi connectivity index (χ1v) is 8.11. The summed E-state index contributed by atoms with van der Waals surface area (Å²) < 4.78 is 10.7. The molecule has 0 unspecified atom stereocenters. The van der Waals surface area contributed by atoms with Crippen LogP contribution >= 0.6 is 11.3 Å². The van der Waals surface area contributed by atoms with E-state index >= 15 is 0 Å². The largest absolute Gasteiger partial charge is 0.423 e. The number of thiophene rings is 1. The molecule has 0 atom stereocenters. The summed E-state index contributed by atoms with van der Waals surface area (Å²) >= 11 is 1.44. The molecule has 1 aliphatic rings. The first-order chi connectivity index (χ1) is 10.8. The molecule has 2 aromatic rings. The highest BCUT2D eigenvalue weighted by atomic mass is 32.1. The average molecular weight is 312 g/mol. The van der Waals surface area contributed by atoms with Gasteiger partial charge in [0.1, 0.15) is 12.4 Å². The standard InChI is InChI=1S/C18H16O3S/c19-18(21-16-5-2-1-3-6-16)15-11-17(22-13-15)7-4-10-20-12-14-8-9-14/h1-3,5-6,11,13-14H,8-10,12H2. The zero-order valence-electron chi connectivity index (χ0n) is 12.1. The number of esters is 1. The summed E-state index contributed by atoms with van der Waals surface area (Å²) in [6, 6.07) is 10.8. The van der Waals surface area contributed by atoms with Gasteiger partial charge in [-0.05, 0) is 37.0 Å². The first-order valence-electron chi connectivity index (χ1n) is 7.23. The van der Waals surface area contributed by atoms with Crippen molar-refractivity contribution in [1.29, 1.82) is 0 Å². The highest BCUT2D eigenvalue weighted by Gasteiger charge is 2.20. The Bertz CT molecular complexity index is 690. The molecular weight excluding hydrogens is 296 g/mol. The van der Waals surface area contributed by atoms with E-state index in [0.29, 0.717) is 17.9 Å². The van der Waals surface area contributed by atoms with Crippen LogP contribution in [0.3, 0.4) is 0 Å². The van der Waals surface area contributed by atoms with Crippen molar-refractivity contribution in [3.8, 4) is 17.6 Å². The lowest BCUT2D eigenvalue weighted by atomic mass is 10.3. The maximum absolute atomic E-state index is 12.0. The van der Waals surface area contributed by atoms with Crippen molar-refractivity contribution < 1.29 is 14.3 Å². The van der Waals surface area contributed by atoms with Gasteiger partial charge in [-0.1, -0.05) is 30.0 Å². The van der Waals surface area contributed by atoms with E-state index in [1.165, 1.54) is 24.2 Å². The number of carbonyl (C=O) groups excluding carboxylic acids is 1. The predicted octanol–water partition coefficient (Wildman–Crippen LogP) is 3.75. The van der Waals surface area contributed by atoms with Gasteiger partial charge in [-0.3, -0.25) is 0 Å². The Morgan fingerprint density at radius 1 is 1.27 bits per heavy atom. The van der Waals surface area contributed by atoms with E-state index in [2.05, 4.69) is 11.8 Å². The van der Waals surface area contributed by atoms with E-state index in [4.69, 9.17) is 9.47 Å². The molecule has 1 aromatic carbocycles. The minimum absolute atomic E-state index is 0.361. The molecule has 4 heteroatoms. The van der Waals surface area contributed by atoms with Crippen LogP contribution < -0.4 is 4.74 Å². The molecule has 0 radical (unpaired) electrons. The number of rotatable bonds is 5. The molecule has 0 N–H and O–H groups in total. The number of hydrogen-bond acceptors (Lipinski definition) is 4. The minimum Gasteiger partial charge on any atom is -0.423 e. The zero-order valence-corrected chi connectivity index (χ0v) is 12.9. The molecule has 0 amide bonds. The number of hydrogen-bond donors (Lipinski definition) is 0. The normalized spacial score (nSPS) is 13.3. The summed E-state index contributed by atoms with van der Waals surface area (Å²) in [7, 11) is 0. The fourth-order valence-corrected chi connectivity index (χ4v) is 2.59. The van der Waals surface area contributed by atoms with Gasteiger partial charge in [-0.2, -0.15) is 0 Å². The Hall–Kier alpha value is -2.09. The highest BCUT2D eigenvalue weighted by molar-refractivity contribution is 7.10. The summed E-state index contributed by atoms with van der Waals surface area (Å²) in [5.41, 5.74) is 0.525. The van der Waals surface area contributed by atoms with Crippen molar-refractivity contribution in [1.82, 2.24) is 0 Å². The Labute approximate surface area is 133 Å². The summed E-state index contributed by atoms with van der Waals surface area (Å²) in [5, 5.41) is 1.76. The third-order valence-electron chi connectivity index (χ3n) is 3.23. The van der Waals surface area contributed by atoms with E-state index in [1.54, 1.807) is 23.6 Å². The van der Waals surface area contributed by atoms with E-state index < -0.39 is 0 Å². The number of ether oxygens (including phenoxy) is 2. The van der Waals surface area contributed by atoms with E-state index in [0.717, 1.165) is 17.4 Å². The van der Waals surface area contributed by atoms with E-state index in [-0.39, 0.29) is 5.97 Å². The minimum atomic E-state index is -0.361. The molecule has 3 nitrogen and oxygen atoms in total.